The molecule has 1 heteroatoms. The molecule has 1 unspecified atom stereocenters. The zero-order valence-corrected chi connectivity index (χ0v) is 17.6. The Balaban J connectivity index is 0.000000211. The second kappa shape index (κ2) is 6.86. The maximum Gasteiger partial charge on any atom is -0.0607 e. The number of rotatable bonds is 1. The van der Waals surface area contributed by atoms with Crippen LogP contribution in [0.2, 0.25) is 0 Å². The largest absolute Gasteiger partial charge is 0.263 e. The normalized spacial score (nSPS) is 24.2. The Hall–Kier alpha value is -0.287. The molecule has 2 aliphatic carbocycles. The SMILES string of the molecule is CC1=C(C)C(C)C([CH]=[Zr])=C1C.CC1=[C-]C(C)(C)C(C)=C1C. The van der Waals surface area contributed by atoms with Gasteiger partial charge in [0.2, 0.25) is 0 Å². The monoisotopic (exact) mass is 359 g/mol. The predicted molar refractivity (Wildman–Crippen MR) is 90.9 cm³/mol. The van der Waals surface area contributed by atoms with Crippen molar-refractivity contribution in [1.82, 2.24) is 0 Å². The van der Waals surface area contributed by atoms with Crippen LogP contribution in [0.5, 0.6) is 0 Å². The first-order chi connectivity index (χ1) is 9.54. The topological polar surface area (TPSA) is 0 Å². The van der Waals surface area contributed by atoms with Crippen LogP contribution in [-0.2, 0) is 24.2 Å². The van der Waals surface area contributed by atoms with E-state index in [1.165, 1.54) is 52.1 Å². The van der Waals surface area contributed by atoms with Crippen molar-refractivity contribution in [2.45, 2.75) is 62.3 Å². The molecule has 0 amide bonds. The summed E-state index contributed by atoms with van der Waals surface area (Å²) >= 11 is 1.51. The maximum atomic E-state index is 3.44. The minimum atomic E-state index is 0.189. The Kier molecular flexibility index (Phi) is 6.13. The van der Waals surface area contributed by atoms with Gasteiger partial charge in [-0.3, -0.25) is 6.08 Å². The summed E-state index contributed by atoms with van der Waals surface area (Å²) in [5.41, 5.74) is 10.5. The van der Waals surface area contributed by atoms with Gasteiger partial charge in [-0.25, -0.2) is 5.57 Å². The molecule has 0 saturated heterocycles. The van der Waals surface area contributed by atoms with Crippen molar-refractivity contribution in [3.05, 3.63) is 45.1 Å². The Labute approximate surface area is 146 Å². The van der Waals surface area contributed by atoms with Crippen LogP contribution in [0.15, 0.2) is 39.0 Å². The fourth-order valence-corrected chi connectivity index (χ4v) is 4.18. The molecular formula is C20H29Zr-. The summed E-state index contributed by atoms with van der Waals surface area (Å²) in [6.45, 7) is 19.9. The van der Waals surface area contributed by atoms with Crippen molar-refractivity contribution >= 4 is 3.71 Å². The maximum absolute atomic E-state index is 3.44. The summed E-state index contributed by atoms with van der Waals surface area (Å²) in [7, 11) is 0. The van der Waals surface area contributed by atoms with Gasteiger partial charge >= 0.3 is 83.8 Å². The van der Waals surface area contributed by atoms with Crippen LogP contribution in [0.25, 0.3) is 0 Å². The van der Waals surface area contributed by atoms with E-state index in [4.69, 9.17) is 0 Å². The summed E-state index contributed by atoms with van der Waals surface area (Å²) in [5, 5.41) is 0. The second-order valence-corrected chi connectivity index (χ2v) is 7.59. The fourth-order valence-electron chi connectivity index (χ4n) is 3.03. The van der Waals surface area contributed by atoms with Crippen LogP contribution in [0.1, 0.15) is 62.3 Å². The van der Waals surface area contributed by atoms with Crippen molar-refractivity contribution in [3.63, 3.8) is 0 Å². The Morgan fingerprint density at radius 1 is 0.952 bits per heavy atom. The molecule has 2 aliphatic rings. The Morgan fingerprint density at radius 3 is 1.62 bits per heavy atom. The third-order valence-electron chi connectivity index (χ3n) is 5.42. The summed E-state index contributed by atoms with van der Waals surface area (Å²) in [6, 6.07) is 0. The van der Waals surface area contributed by atoms with Gasteiger partial charge in [-0.05, 0) is 0 Å². The molecule has 114 valence electrons. The van der Waals surface area contributed by atoms with E-state index in [1.54, 1.807) is 11.1 Å². The molecule has 1 atom stereocenters. The fraction of sp³-hybridized carbons (Fsp3) is 0.550. The first kappa shape index (κ1) is 18.8. The number of hydrogen-bond acceptors (Lipinski definition) is 0. The van der Waals surface area contributed by atoms with E-state index in [0.29, 0.717) is 5.92 Å². The average molecular weight is 361 g/mol. The first-order valence-electron chi connectivity index (χ1n) is 7.73. The van der Waals surface area contributed by atoms with Crippen LogP contribution >= 0.6 is 0 Å². The number of hydrogen-bond donors (Lipinski definition) is 0. The Bertz CT molecular complexity index is 577. The van der Waals surface area contributed by atoms with Gasteiger partial charge < -0.3 is 0 Å². The zero-order valence-electron chi connectivity index (χ0n) is 15.2. The quantitative estimate of drug-likeness (QED) is 0.522. The summed E-state index contributed by atoms with van der Waals surface area (Å²) in [5.74, 6) is 0.675. The Morgan fingerprint density at radius 2 is 1.48 bits per heavy atom. The zero-order chi connectivity index (χ0) is 16.5. The van der Waals surface area contributed by atoms with E-state index in [1.807, 2.05) is 0 Å². The van der Waals surface area contributed by atoms with Crippen molar-refractivity contribution in [1.29, 1.82) is 0 Å². The van der Waals surface area contributed by atoms with E-state index in [9.17, 15) is 0 Å². The molecule has 0 nitrogen and oxygen atoms in total. The van der Waals surface area contributed by atoms with Gasteiger partial charge in [-0.2, -0.15) is 11.1 Å². The molecule has 0 saturated carbocycles. The number of allylic oxidation sites excluding steroid dienone is 8. The molecule has 0 aliphatic heterocycles. The molecular weight excluding hydrogens is 331 g/mol. The molecule has 2 rings (SSSR count). The van der Waals surface area contributed by atoms with Gasteiger partial charge in [0.25, 0.3) is 0 Å². The minimum Gasteiger partial charge on any atom is -0.263 e. The average Bonchev–Trinajstić information content (AvgIpc) is 2.71. The molecule has 0 aromatic rings. The molecule has 21 heavy (non-hydrogen) atoms. The van der Waals surface area contributed by atoms with Crippen molar-refractivity contribution < 1.29 is 24.2 Å². The minimum absolute atomic E-state index is 0.189. The molecule has 0 aromatic heterocycles. The van der Waals surface area contributed by atoms with Crippen molar-refractivity contribution in [2.75, 3.05) is 0 Å². The summed E-state index contributed by atoms with van der Waals surface area (Å²) in [4.78, 5) is 0. The van der Waals surface area contributed by atoms with Crippen LogP contribution in [0, 0.1) is 17.4 Å². The third-order valence-corrected chi connectivity index (χ3v) is 6.19. The summed E-state index contributed by atoms with van der Waals surface area (Å²) in [6.07, 6.45) is 3.44. The van der Waals surface area contributed by atoms with E-state index >= 15 is 0 Å². The van der Waals surface area contributed by atoms with E-state index in [2.05, 4.69) is 72.1 Å². The van der Waals surface area contributed by atoms with Crippen LogP contribution in [-0.4, -0.2) is 3.71 Å². The smallest absolute Gasteiger partial charge is 0.0607 e. The van der Waals surface area contributed by atoms with Crippen molar-refractivity contribution in [2.24, 2.45) is 11.3 Å². The molecule has 0 heterocycles. The van der Waals surface area contributed by atoms with Gasteiger partial charge in [-0.1, -0.05) is 33.1 Å². The van der Waals surface area contributed by atoms with Crippen LogP contribution < -0.4 is 0 Å². The van der Waals surface area contributed by atoms with Gasteiger partial charge in [-0.15, -0.1) is 6.92 Å². The molecule has 0 spiro atoms. The van der Waals surface area contributed by atoms with Gasteiger partial charge in [0.15, 0.2) is 0 Å². The molecule has 0 aromatic carbocycles. The molecule has 0 fully saturated rings. The standard InChI is InChI=1S/C10H15.C10H14.Zr/c1-7-6-10(4,5)9(3)8(7)2;1-6-7(2)9(4)10(5)8(6)3;/h1-5H3;1,7H,2-5H3;/q-1;;. The predicted octanol–water partition coefficient (Wildman–Crippen LogP) is 5.75. The molecule has 0 N–H and O–H groups in total. The van der Waals surface area contributed by atoms with E-state index in [-0.39, 0.29) is 5.41 Å². The van der Waals surface area contributed by atoms with E-state index < -0.39 is 0 Å². The van der Waals surface area contributed by atoms with Gasteiger partial charge in [0.1, 0.15) is 0 Å². The van der Waals surface area contributed by atoms with Crippen molar-refractivity contribution in [3.8, 4) is 0 Å². The van der Waals surface area contributed by atoms with Gasteiger partial charge in [0.05, 0.1) is 0 Å². The van der Waals surface area contributed by atoms with E-state index in [0.717, 1.165) is 0 Å². The molecule has 0 radical (unpaired) electrons. The first-order valence-corrected chi connectivity index (χ1v) is 9.15. The molecule has 0 bridgehead atoms. The van der Waals surface area contributed by atoms with Crippen LogP contribution in [0.4, 0.5) is 0 Å². The van der Waals surface area contributed by atoms with Gasteiger partial charge in [0, 0.05) is 0 Å². The second-order valence-electron chi connectivity index (χ2n) is 6.88. The third kappa shape index (κ3) is 3.73. The van der Waals surface area contributed by atoms with Crippen LogP contribution in [0.3, 0.4) is 0 Å². The summed E-state index contributed by atoms with van der Waals surface area (Å²) < 4.78 is 2.33.